The van der Waals surface area contributed by atoms with Crippen molar-refractivity contribution >= 4 is 21.6 Å². The molecule has 2 aromatic carbocycles. The SMILES string of the molecule is NNC(Cc1ccc(F)cc1Br)c1ccccc1N. The molecule has 1 atom stereocenters. The topological polar surface area (TPSA) is 64.1 Å². The average Bonchev–Trinajstić information content (AvgIpc) is 2.39. The molecule has 0 amide bonds. The average molecular weight is 324 g/mol. The molecule has 0 saturated carbocycles. The Morgan fingerprint density at radius 1 is 1.21 bits per heavy atom. The van der Waals surface area contributed by atoms with Gasteiger partial charge in [0.2, 0.25) is 0 Å². The van der Waals surface area contributed by atoms with Crippen LogP contribution in [0.3, 0.4) is 0 Å². The standard InChI is InChI=1S/C14H15BrFN3/c15-12-8-10(16)6-5-9(12)7-14(19-18)11-3-1-2-4-13(11)17/h1-6,8,14,19H,7,17-18H2. The maximum absolute atomic E-state index is 13.1. The number of anilines is 1. The molecule has 0 heterocycles. The predicted molar refractivity (Wildman–Crippen MR) is 78.7 cm³/mol. The molecule has 0 bridgehead atoms. The summed E-state index contributed by atoms with van der Waals surface area (Å²) in [6.07, 6.45) is 0.617. The number of hydrazine groups is 1. The number of nitrogens with two attached hydrogens (primary N) is 2. The lowest BCUT2D eigenvalue weighted by molar-refractivity contribution is 0.551. The first-order valence-corrected chi connectivity index (χ1v) is 6.65. The molecule has 0 aliphatic heterocycles. The minimum atomic E-state index is -0.271. The van der Waals surface area contributed by atoms with Gasteiger partial charge in [-0.15, -0.1) is 0 Å². The quantitative estimate of drug-likeness (QED) is 0.460. The zero-order valence-corrected chi connectivity index (χ0v) is 11.8. The lowest BCUT2D eigenvalue weighted by Crippen LogP contribution is -2.30. The maximum atomic E-state index is 13.1. The Kier molecular flexibility index (Phi) is 4.52. The molecule has 19 heavy (non-hydrogen) atoms. The summed E-state index contributed by atoms with van der Waals surface area (Å²) < 4.78 is 13.8. The Hall–Kier alpha value is -1.43. The molecule has 1 unspecified atom stereocenters. The van der Waals surface area contributed by atoms with Crippen molar-refractivity contribution in [3.8, 4) is 0 Å². The second-order valence-electron chi connectivity index (χ2n) is 4.29. The molecule has 5 N–H and O–H groups in total. The molecule has 0 aliphatic carbocycles. The molecule has 3 nitrogen and oxygen atoms in total. The first-order chi connectivity index (χ1) is 9.11. The molecule has 2 aromatic rings. The Morgan fingerprint density at radius 2 is 1.95 bits per heavy atom. The first-order valence-electron chi connectivity index (χ1n) is 5.86. The molecule has 0 fully saturated rings. The van der Waals surface area contributed by atoms with E-state index < -0.39 is 0 Å². The summed E-state index contributed by atoms with van der Waals surface area (Å²) in [5.41, 5.74) is 11.3. The van der Waals surface area contributed by atoms with Gasteiger partial charge in [0, 0.05) is 10.2 Å². The molecule has 0 saturated heterocycles. The van der Waals surface area contributed by atoms with Gasteiger partial charge in [0.25, 0.3) is 0 Å². The van der Waals surface area contributed by atoms with Crippen molar-refractivity contribution in [2.45, 2.75) is 12.5 Å². The normalized spacial score (nSPS) is 12.4. The number of hydrogen-bond donors (Lipinski definition) is 3. The second-order valence-corrected chi connectivity index (χ2v) is 5.14. The molecule has 0 radical (unpaired) electrons. The van der Waals surface area contributed by atoms with Gasteiger partial charge < -0.3 is 5.73 Å². The highest BCUT2D eigenvalue weighted by molar-refractivity contribution is 9.10. The smallest absolute Gasteiger partial charge is 0.124 e. The highest BCUT2D eigenvalue weighted by Crippen LogP contribution is 2.27. The Labute approximate surface area is 119 Å². The maximum Gasteiger partial charge on any atom is 0.124 e. The predicted octanol–water partition coefficient (Wildman–Crippen LogP) is 2.92. The summed E-state index contributed by atoms with van der Waals surface area (Å²) in [5, 5.41) is 0. The molecule has 0 spiro atoms. The number of nitrogen functional groups attached to an aromatic ring is 1. The van der Waals surface area contributed by atoms with Crippen LogP contribution in [-0.4, -0.2) is 0 Å². The highest BCUT2D eigenvalue weighted by atomic mass is 79.9. The zero-order valence-electron chi connectivity index (χ0n) is 10.2. The van der Waals surface area contributed by atoms with Gasteiger partial charge in [-0.05, 0) is 35.7 Å². The largest absolute Gasteiger partial charge is 0.398 e. The summed E-state index contributed by atoms with van der Waals surface area (Å²) in [6.45, 7) is 0. The second kappa shape index (κ2) is 6.14. The van der Waals surface area contributed by atoms with Crippen LogP contribution < -0.4 is 17.0 Å². The zero-order chi connectivity index (χ0) is 13.8. The number of benzene rings is 2. The monoisotopic (exact) mass is 323 g/mol. The Bertz CT molecular complexity index is 574. The van der Waals surface area contributed by atoms with Crippen LogP contribution in [0.5, 0.6) is 0 Å². The van der Waals surface area contributed by atoms with Crippen LogP contribution >= 0.6 is 15.9 Å². The lowest BCUT2D eigenvalue weighted by Gasteiger charge is -2.19. The van der Waals surface area contributed by atoms with Crippen molar-refractivity contribution in [1.29, 1.82) is 0 Å². The van der Waals surface area contributed by atoms with Gasteiger partial charge in [-0.3, -0.25) is 11.3 Å². The number of halogens is 2. The van der Waals surface area contributed by atoms with E-state index in [0.29, 0.717) is 12.1 Å². The number of para-hydroxylation sites is 1. The van der Waals surface area contributed by atoms with Crippen molar-refractivity contribution < 1.29 is 4.39 Å². The van der Waals surface area contributed by atoms with Crippen LogP contribution in [0, 0.1) is 5.82 Å². The molecule has 0 aliphatic rings. The molecule has 100 valence electrons. The van der Waals surface area contributed by atoms with E-state index in [-0.39, 0.29) is 11.9 Å². The molecule has 2 rings (SSSR count). The molecule has 5 heteroatoms. The van der Waals surface area contributed by atoms with Gasteiger partial charge in [0.1, 0.15) is 5.82 Å². The minimum Gasteiger partial charge on any atom is -0.398 e. The Balaban J connectivity index is 2.27. The van der Waals surface area contributed by atoms with Crippen LogP contribution in [0.25, 0.3) is 0 Å². The van der Waals surface area contributed by atoms with Crippen molar-refractivity contribution in [2.75, 3.05) is 5.73 Å². The van der Waals surface area contributed by atoms with Crippen LogP contribution in [0.2, 0.25) is 0 Å². The van der Waals surface area contributed by atoms with E-state index in [2.05, 4.69) is 21.4 Å². The number of rotatable bonds is 4. The third-order valence-corrected chi connectivity index (χ3v) is 3.75. The molecule has 0 aromatic heterocycles. The van der Waals surface area contributed by atoms with Gasteiger partial charge in [-0.2, -0.15) is 0 Å². The molecular weight excluding hydrogens is 309 g/mol. The summed E-state index contributed by atoms with van der Waals surface area (Å²) in [7, 11) is 0. The van der Waals surface area contributed by atoms with Crippen molar-refractivity contribution in [2.24, 2.45) is 5.84 Å². The molecular formula is C14H15BrFN3. The van der Waals surface area contributed by atoms with Crippen LogP contribution in [0.15, 0.2) is 46.9 Å². The van der Waals surface area contributed by atoms with Crippen molar-refractivity contribution in [3.63, 3.8) is 0 Å². The number of hydrogen-bond acceptors (Lipinski definition) is 3. The van der Waals surface area contributed by atoms with Crippen LogP contribution in [0.1, 0.15) is 17.2 Å². The Morgan fingerprint density at radius 3 is 2.58 bits per heavy atom. The van der Waals surface area contributed by atoms with Crippen molar-refractivity contribution in [1.82, 2.24) is 5.43 Å². The first kappa shape index (κ1) is 14.0. The third kappa shape index (κ3) is 3.32. The van der Waals surface area contributed by atoms with E-state index in [0.717, 1.165) is 15.6 Å². The fourth-order valence-corrected chi connectivity index (χ4v) is 2.51. The van der Waals surface area contributed by atoms with Gasteiger partial charge >= 0.3 is 0 Å². The van der Waals surface area contributed by atoms with Gasteiger partial charge in [-0.25, -0.2) is 4.39 Å². The summed E-state index contributed by atoms with van der Waals surface area (Å²) in [6, 6.07) is 12.0. The third-order valence-electron chi connectivity index (χ3n) is 3.01. The van der Waals surface area contributed by atoms with Crippen molar-refractivity contribution in [3.05, 3.63) is 63.9 Å². The van der Waals surface area contributed by atoms with E-state index >= 15 is 0 Å². The summed E-state index contributed by atoms with van der Waals surface area (Å²) >= 11 is 3.36. The van der Waals surface area contributed by atoms with Crippen LogP contribution in [-0.2, 0) is 6.42 Å². The van der Waals surface area contributed by atoms with Gasteiger partial charge in [0.05, 0.1) is 6.04 Å². The van der Waals surface area contributed by atoms with Crippen LogP contribution in [0.4, 0.5) is 10.1 Å². The highest BCUT2D eigenvalue weighted by Gasteiger charge is 2.14. The summed E-state index contributed by atoms with van der Waals surface area (Å²) in [5.74, 6) is 5.34. The lowest BCUT2D eigenvalue weighted by atomic mass is 9.98. The fourth-order valence-electron chi connectivity index (χ4n) is 1.99. The van der Waals surface area contributed by atoms with E-state index in [1.165, 1.54) is 12.1 Å². The summed E-state index contributed by atoms with van der Waals surface area (Å²) in [4.78, 5) is 0. The number of nitrogens with one attached hydrogen (secondary N) is 1. The van der Waals surface area contributed by atoms with Gasteiger partial charge in [0.15, 0.2) is 0 Å². The van der Waals surface area contributed by atoms with E-state index in [1.54, 1.807) is 6.07 Å². The fraction of sp³-hybridized carbons (Fsp3) is 0.143. The van der Waals surface area contributed by atoms with E-state index in [9.17, 15) is 4.39 Å². The van der Waals surface area contributed by atoms with Gasteiger partial charge in [-0.1, -0.05) is 40.2 Å². The minimum absolute atomic E-state index is 0.122. The van der Waals surface area contributed by atoms with E-state index in [1.807, 2.05) is 24.3 Å². The van der Waals surface area contributed by atoms with E-state index in [4.69, 9.17) is 11.6 Å².